The molecule has 6 N–H and O–H groups in total. The fourth-order valence-corrected chi connectivity index (χ4v) is 5.95. The summed E-state index contributed by atoms with van der Waals surface area (Å²) < 4.78 is 5.10. The van der Waals surface area contributed by atoms with Gasteiger partial charge in [-0.05, 0) is 36.5 Å². The zero-order chi connectivity index (χ0) is 27.7. The number of hydrogen-bond acceptors (Lipinski definition) is 10. The third kappa shape index (κ3) is 3.38. The van der Waals surface area contributed by atoms with E-state index in [2.05, 4.69) is 4.98 Å². The van der Waals surface area contributed by atoms with Crippen molar-refractivity contribution in [2.24, 2.45) is 17.6 Å². The number of fused-ring (bicyclic) bond motifs is 3. The zero-order valence-corrected chi connectivity index (χ0v) is 21.0. The van der Waals surface area contributed by atoms with Crippen molar-refractivity contribution < 1.29 is 39.5 Å². The van der Waals surface area contributed by atoms with Crippen molar-refractivity contribution in [1.82, 2.24) is 4.98 Å². The number of ketones is 2. The lowest BCUT2D eigenvalue weighted by atomic mass is 9.59. The van der Waals surface area contributed by atoms with Gasteiger partial charge in [0.15, 0.2) is 11.4 Å². The predicted molar refractivity (Wildman–Crippen MR) is 135 cm³/mol. The van der Waals surface area contributed by atoms with Crippen LogP contribution < -0.4 is 15.4 Å². The number of nitrogens with zero attached hydrogens (tertiary/aromatic N) is 2. The minimum absolute atomic E-state index is 0.0224. The summed E-state index contributed by atoms with van der Waals surface area (Å²) in [7, 11) is 5.08. The van der Waals surface area contributed by atoms with Crippen LogP contribution in [0.3, 0.4) is 0 Å². The summed E-state index contributed by atoms with van der Waals surface area (Å²) in [4.78, 5) is 44.1. The molecule has 0 aliphatic heterocycles. The number of anilines is 1. The highest BCUT2D eigenvalue weighted by atomic mass is 16.5. The van der Waals surface area contributed by atoms with Crippen molar-refractivity contribution in [2.75, 3.05) is 26.1 Å². The Balaban J connectivity index is 1.73. The number of aliphatic hydroxyl groups is 3. The van der Waals surface area contributed by atoms with Crippen molar-refractivity contribution in [3.05, 3.63) is 52.4 Å². The summed E-state index contributed by atoms with van der Waals surface area (Å²) in [5.41, 5.74) is 3.79. The average molecular weight is 522 g/mol. The Morgan fingerprint density at radius 2 is 1.89 bits per heavy atom. The molecule has 0 bridgehead atoms. The molecule has 198 valence electrons. The number of carbonyl (C=O) groups is 3. The van der Waals surface area contributed by atoms with E-state index in [0.29, 0.717) is 28.3 Å². The zero-order valence-electron chi connectivity index (χ0n) is 21.0. The van der Waals surface area contributed by atoms with Gasteiger partial charge in [0.25, 0.3) is 5.91 Å². The number of aromatic nitrogens is 1. The molecule has 0 spiro atoms. The van der Waals surface area contributed by atoms with Gasteiger partial charge in [-0.1, -0.05) is 0 Å². The van der Waals surface area contributed by atoms with Crippen molar-refractivity contribution in [3.63, 3.8) is 0 Å². The standard InChI is InChI=1S/C27H27N3O8/c1-30(2)16-9-14(11-4-5-18(38-3)29-10-11)22(32)20-15(16)7-12-6-13-8-17(31)21(26(28)36)25(35)27(13,37)24(34)19(12)23(20)33/h4-5,9-10,12-13,32-33,35,37H,6-8H2,1-3H3,(H2,28,36)/t12-,13+,27+/m1/s1. The SMILES string of the molecule is COc1ccc(-c2cc(N(C)C)c3c(c2O)C(O)=C2C(=O)[C@]4(O)C(O)=C(C(N)=O)C(=O)C[C@@H]4C[C@@H]2C3)cn1. The van der Waals surface area contributed by atoms with E-state index in [-0.39, 0.29) is 36.1 Å². The van der Waals surface area contributed by atoms with Gasteiger partial charge in [0.1, 0.15) is 22.8 Å². The molecule has 3 aliphatic carbocycles. The molecule has 11 heteroatoms. The molecule has 3 aliphatic rings. The Morgan fingerprint density at radius 1 is 1.18 bits per heavy atom. The molecule has 1 fully saturated rings. The number of hydrogen-bond donors (Lipinski definition) is 5. The molecule has 1 aromatic heterocycles. The smallest absolute Gasteiger partial charge is 0.255 e. The van der Waals surface area contributed by atoms with Gasteiger partial charge in [-0.25, -0.2) is 4.98 Å². The van der Waals surface area contributed by atoms with E-state index in [4.69, 9.17) is 10.5 Å². The van der Waals surface area contributed by atoms with Gasteiger partial charge in [0.2, 0.25) is 11.7 Å². The number of nitrogens with two attached hydrogens (primary N) is 1. The fourth-order valence-electron chi connectivity index (χ4n) is 5.95. The first kappa shape index (κ1) is 25.3. The molecular weight excluding hydrogens is 494 g/mol. The van der Waals surface area contributed by atoms with Crippen LogP contribution in [0.1, 0.15) is 24.0 Å². The third-order valence-corrected chi connectivity index (χ3v) is 7.78. The van der Waals surface area contributed by atoms with Gasteiger partial charge in [0, 0.05) is 61.1 Å². The van der Waals surface area contributed by atoms with E-state index < -0.39 is 52.0 Å². The minimum Gasteiger partial charge on any atom is -0.508 e. The largest absolute Gasteiger partial charge is 0.508 e. The van der Waals surface area contributed by atoms with E-state index in [1.54, 1.807) is 32.3 Å². The van der Waals surface area contributed by atoms with E-state index in [9.17, 15) is 34.8 Å². The van der Waals surface area contributed by atoms with Crippen molar-refractivity contribution in [3.8, 4) is 22.8 Å². The van der Waals surface area contributed by atoms with Gasteiger partial charge < -0.3 is 35.8 Å². The summed E-state index contributed by atoms with van der Waals surface area (Å²) in [6, 6.07) is 5.07. The second-order valence-electron chi connectivity index (χ2n) is 10.0. The number of aromatic hydroxyl groups is 1. The molecule has 3 atom stereocenters. The van der Waals surface area contributed by atoms with Crippen LogP contribution in [0.5, 0.6) is 11.6 Å². The molecule has 38 heavy (non-hydrogen) atoms. The maximum Gasteiger partial charge on any atom is 0.255 e. The van der Waals surface area contributed by atoms with Crippen LogP contribution >= 0.6 is 0 Å². The second-order valence-corrected chi connectivity index (χ2v) is 10.0. The lowest BCUT2D eigenvalue weighted by Gasteiger charge is -2.46. The van der Waals surface area contributed by atoms with E-state index >= 15 is 0 Å². The Labute approximate surface area is 217 Å². The van der Waals surface area contributed by atoms with Crippen LogP contribution in [0.4, 0.5) is 5.69 Å². The highest BCUT2D eigenvalue weighted by Crippen LogP contribution is 2.54. The maximum absolute atomic E-state index is 13.7. The molecule has 1 amide bonds. The molecule has 0 radical (unpaired) electrons. The summed E-state index contributed by atoms with van der Waals surface area (Å²) in [6.45, 7) is 0. The fraction of sp³-hybridized carbons (Fsp3) is 0.333. The van der Waals surface area contributed by atoms with Crippen LogP contribution in [-0.2, 0) is 20.8 Å². The number of aliphatic hydroxyl groups excluding tert-OH is 2. The first-order chi connectivity index (χ1) is 17.9. The van der Waals surface area contributed by atoms with Crippen molar-refractivity contribution in [1.29, 1.82) is 0 Å². The molecule has 2 aromatic rings. The second kappa shape index (κ2) is 8.59. The van der Waals surface area contributed by atoms with E-state index in [0.717, 1.165) is 0 Å². The molecule has 1 aromatic carbocycles. The van der Waals surface area contributed by atoms with Gasteiger partial charge >= 0.3 is 0 Å². The highest BCUT2D eigenvalue weighted by molar-refractivity contribution is 6.22. The Hall–Kier alpha value is -4.38. The predicted octanol–water partition coefficient (Wildman–Crippen LogP) is 1.56. The van der Waals surface area contributed by atoms with Crippen molar-refractivity contribution in [2.45, 2.75) is 24.9 Å². The first-order valence-electron chi connectivity index (χ1n) is 12.0. The number of pyridine rings is 1. The quantitative estimate of drug-likeness (QED) is 0.370. The normalized spacial score (nSPS) is 24.5. The number of ether oxygens (including phenoxy) is 1. The van der Waals surface area contributed by atoms with Crippen LogP contribution in [0.25, 0.3) is 16.9 Å². The van der Waals surface area contributed by atoms with Crippen LogP contribution in [0, 0.1) is 11.8 Å². The molecular formula is C27H27N3O8. The Morgan fingerprint density at radius 3 is 2.47 bits per heavy atom. The number of carbonyl (C=O) groups excluding carboxylic acids is 3. The lowest BCUT2D eigenvalue weighted by Crippen LogP contribution is -2.58. The Bertz CT molecular complexity index is 1470. The van der Waals surface area contributed by atoms with Crippen LogP contribution in [0.2, 0.25) is 0 Å². The topological polar surface area (TPSA) is 184 Å². The number of phenols is 1. The summed E-state index contributed by atoms with van der Waals surface area (Å²) in [6.07, 6.45) is 1.43. The molecule has 11 nitrogen and oxygen atoms in total. The number of Topliss-reactive ketones (excluding diaryl/α,β-unsaturated/α-hetero) is 2. The number of amides is 1. The number of phenolic OH excluding ortho intramolecular Hbond substituents is 1. The Kier molecular flexibility index (Phi) is 5.71. The monoisotopic (exact) mass is 521 g/mol. The number of primary amides is 1. The lowest BCUT2D eigenvalue weighted by molar-refractivity contribution is -0.147. The summed E-state index contributed by atoms with van der Waals surface area (Å²) >= 11 is 0. The first-order valence-corrected chi connectivity index (χ1v) is 12.0. The maximum atomic E-state index is 13.7. The summed E-state index contributed by atoms with van der Waals surface area (Å²) in [5.74, 6) is -6.23. The van der Waals surface area contributed by atoms with E-state index in [1.165, 1.54) is 13.3 Å². The van der Waals surface area contributed by atoms with Crippen LogP contribution in [-0.4, -0.2) is 69.7 Å². The average Bonchev–Trinajstić information content (AvgIpc) is 2.86. The van der Waals surface area contributed by atoms with Gasteiger partial charge in [-0.15, -0.1) is 0 Å². The molecule has 1 saturated carbocycles. The minimum atomic E-state index is -2.60. The van der Waals surface area contributed by atoms with Crippen LogP contribution in [0.15, 0.2) is 41.3 Å². The number of benzene rings is 1. The van der Waals surface area contributed by atoms with Crippen molar-refractivity contribution >= 4 is 28.9 Å². The van der Waals surface area contributed by atoms with Gasteiger partial charge in [-0.3, -0.25) is 14.4 Å². The third-order valence-electron chi connectivity index (χ3n) is 7.78. The molecule has 0 unspecified atom stereocenters. The molecule has 5 rings (SSSR count). The van der Waals surface area contributed by atoms with Gasteiger partial charge in [0.05, 0.1) is 12.7 Å². The van der Waals surface area contributed by atoms with Gasteiger partial charge in [-0.2, -0.15) is 0 Å². The number of rotatable bonds is 4. The van der Waals surface area contributed by atoms with E-state index in [1.807, 2.05) is 4.90 Å². The number of methoxy groups -OCH3 is 1. The molecule has 0 saturated heterocycles. The molecule has 1 heterocycles. The summed E-state index contributed by atoms with van der Waals surface area (Å²) in [5, 5.41) is 45.0. The highest BCUT2D eigenvalue weighted by Gasteiger charge is 2.60.